The van der Waals surface area contributed by atoms with Crippen LogP contribution >= 0.6 is 23.1 Å². The lowest BCUT2D eigenvalue weighted by Gasteiger charge is -2.26. The number of aryl methyl sites for hydroxylation is 1. The molecule has 0 radical (unpaired) electrons. The van der Waals surface area contributed by atoms with Crippen molar-refractivity contribution in [1.82, 2.24) is 24.1 Å². The Balaban J connectivity index is 1.80. The maximum Gasteiger partial charge on any atom is 0.270 e. The molecule has 0 saturated carbocycles. The molecule has 0 aliphatic carbocycles. The molecule has 1 aliphatic heterocycles. The van der Waals surface area contributed by atoms with Crippen molar-refractivity contribution in [2.75, 3.05) is 19.3 Å². The second-order valence-corrected chi connectivity index (χ2v) is 8.22. The van der Waals surface area contributed by atoms with E-state index in [9.17, 15) is 9.59 Å². The molecule has 0 aromatic carbocycles. The second-order valence-electron chi connectivity index (χ2n) is 6.21. The first kappa shape index (κ1) is 16.6. The van der Waals surface area contributed by atoms with E-state index >= 15 is 0 Å². The van der Waals surface area contributed by atoms with Gasteiger partial charge in [-0.25, -0.2) is 14.1 Å². The van der Waals surface area contributed by atoms with Crippen LogP contribution in [-0.4, -0.2) is 49.3 Å². The number of thiophene rings is 1. The van der Waals surface area contributed by atoms with E-state index in [0.29, 0.717) is 21.2 Å². The molecule has 3 aromatic rings. The fraction of sp³-hybridized carbons (Fsp3) is 0.500. The van der Waals surface area contributed by atoms with Crippen LogP contribution in [0.4, 0.5) is 0 Å². The maximum absolute atomic E-state index is 12.8. The number of aromatic nitrogens is 4. The van der Waals surface area contributed by atoms with Crippen molar-refractivity contribution in [2.24, 2.45) is 0 Å². The van der Waals surface area contributed by atoms with E-state index in [1.807, 2.05) is 24.1 Å². The van der Waals surface area contributed by atoms with Gasteiger partial charge in [0.1, 0.15) is 11.4 Å². The van der Waals surface area contributed by atoms with Crippen LogP contribution < -0.4 is 5.56 Å². The summed E-state index contributed by atoms with van der Waals surface area (Å²) in [6, 6.07) is 1.86. The minimum atomic E-state index is -0.120. The predicted octanol–water partition coefficient (Wildman–Crippen LogP) is 2.15. The van der Waals surface area contributed by atoms with Crippen LogP contribution in [0.5, 0.6) is 0 Å². The highest BCUT2D eigenvalue weighted by atomic mass is 32.2. The summed E-state index contributed by atoms with van der Waals surface area (Å²) in [7, 11) is 0. The highest BCUT2D eigenvalue weighted by Crippen LogP contribution is 2.23. The normalized spacial score (nSPS) is 15.4. The summed E-state index contributed by atoms with van der Waals surface area (Å²) in [5.74, 6) is 0.475. The number of nitrogens with zero attached hydrogens (tertiary/aromatic N) is 5. The summed E-state index contributed by atoms with van der Waals surface area (Å²) in [6.07, 6.45) is 5.15. The Labute approximate surface area is 152 Å². The third-order valence-corrected chi connectivity index (χ3v) is 6.05. The number of rotatable bonds is 3. The molecule has 0 unspecified atom stereocenters. The van der Waals surface area contributed by atoms with Crippen molar-refractivity contribution in [3.8, 4) is 0 Å². The van der Waals surface area contributed by atoms with Crippen LogP contribution in [0.25, 0.3) is 16.0 Å². The first-order chi connectivity index (χ1) is 12.1. The first-order valence-electron chi connectivity index (χ1n) is 8.30. The molecule has 1 amide bonds. The van der Waals surface area contributed by atoms with E-state index in [1.165, 1.54) is 33.9 Å². The van der Waals surface area contributed by atoms with E-state index < -0.39 is 0 Å². The predicted molar refractivity (Wildman–Crippen MR) is 99.6 cm³/mol. The topological polar surface area (TPSA) is 72.5 Å². The molecule has 132 valence electrons. The molecule has 0 spiro atoms. The number of amides is 1. The monoisotopic (exact) mass is 377 g/mol. The summed E-state index contributed by atoms with van der Waals surface area (Å²) in [6.45, 7) is 3.68. The minimum absolute atomic E-state index is 0.0362. The third kappa shape index (κ3) is 2.85. The molecular weight excluding hydrogens is 358 g/mol. The Morgan fingerprint density at radius 1 is 1.32 bits per heavy atom. The molecule has 4 heterocycles. The molecular formula is C16H19N5O2S2. The SMILES string of the molecule is CSc1nn(CC(=O)N2CCCCC2)c2nc3sc(C)cc3c(=O)n12. The molecule has 0 N–H and O–H groups in total. The molecule has 0 bridgehead atoms. The lowest BCUT2D eigenvalue weighted by Crippen LogP contribution is -2.38. The first-order valence-corrected chi connectivity index (χ1v) is 10.3. The Bertz CT molecular complexity index is 1010. The van der Waals surface area contributed by atoms with Gasteiger partial charge in [-0.05, 0) is 38.5 Å². The Hall–Kier alpha value is -1.87. The van der Waals surface area contributed by atoms with Crippen molar-refractivity contribution >= 4 is 45.0 Å². The van der Waals surface area contributed by atoms with E-state index in [2.05, 4.69) is 10.1 Å². The third-order valence-electron chi connectivity index (χ3n) is 4.48. The maximum atomic E-state index is 12.8. The quantitative estimate of drug-likeness (QED) is 0.654. The van der Waals surface area contributed by atoms with Crippen molar-refractivity contribution < 1.29 is 4.79 Å². The van der Waals surface area contributed by atoms with Crippen LogP contribution in [0.2, 0.25) is 0 Å². The van der Waals surface area contributed by atoms with Crippen LogP contribution in [0, 0.1) is 6.92 Å². The van der Waals surface area contributed by atoms with Gasteiger partial charge in [-0.2, -0.15) is 0 Å². The molecule has 25 heavy (non-hydrogen) atoms. The number of likely N-dealkylation sites (tertiary alicyclic amines) is 1. The second kappa shape index (κ2) is 6.45. The van der Waals surface area contributed by atoms with E-state index in [0.717, 1.165) is 30.8 Å². The number of hydrogen-bond donors (Lipinski definition) is 0. The van der Waals surface area contributed by atoms with Gasteiger partial charge in [0.25, 0.3) is 5.56 Å². The molecule has 9 heteroatoms. The van der Waals surface area contributed by atoms with Gasteiger partial charge in [0, 0.05) is 18.0 Å². The number of thioether (sulfide) groups is 1. The van der Waals surface area contributed by atoms with Gasteiger partial charge in [-0.15, -0.1) is 16.4 Å². The molecule has 1 aliphatic rings. The zero-order chi connectivity index (χ0) is 17.6. The lowest BCUT2D eigenvalue weighted by molar-refractivity contribution is -0.132. The highest BCUT2D eigenvalue weighted by molar-refractivity contribution is 7.98. The van der Waals surface area contributed by atoms with Crippen molar-refractivity contribution in [3.05, 3.63) is 21.3 Å². The molecule has 0 atom stereocenters. The number of carbonyl (C=O) groups is 1. The summed E-state index contributed by atoms with van der Waals surface area (Å²) >= 11 is 2.87. The van der Waals surface area contributed by atoms with Gasteiger partial charge in [-0.1, -0.05) is 11.8 Å². The van der Waals surface area contributed by atoms with Crippen LogP contribution in [0.15, 0.2) is 16.0 Å². The zero-order valence-corrected chi connectivity index (χ0v) is 15.8. The number of hydrogen-bond acceptors (Lipinski definition) is 6. The van der Waals surface area contributed by atoms with Gasteiger partial charge in [0.2, 0.25) is 11.7 Å². The summed E-state index contributed by atoms with van der Waals surface area (Å²) < 4.78 is 3.08. The van der Waals surface area contributed by atoms with Gasteiger partial charge >= 0.3 is 0 Å². The summed E-state index contributed by atoms with van der Waals surface area (Å²) in [4.78, 5) is 33.7. The van der Waals surface area contributed by atoms with Crippen LogP contribution in [0.1, 0.15) is 24.1 Å². The summed E-state index contributed by atoms with van der Waals surface area (Å²) in [5.41, 5.74) is -0.120. The summed E-state index contributed by atoms with van der Waals surface area (Å²) in [5, 5.41) is 5.63. The smallest absolute Gasteiger partial charge is 0.270 e. The van der Waals surface area contributed by atoms with Crippen LogP contribution in [0.3, 0.4) is 0 Å². The Morgan fingerprint density at radius 2 is 2.08 bits per heavy atom. The number of carbonyl (C=O) groups excluding carboxylic acids is 1. The van der Waals surface area contributed by atoms with Gasteiger partial charge in [0.15, 0.2) is 5.16 Å². The van der Waals surface area contributed by atoms with Crippen molar-refractivity contribution in [3.63, 3.8) is 0 Å². The van der Waals surface area contributed by atoms with Gasteiger partial charge in [-0.3, -0.25) is 9.59 Å². The van der Waals surface area contributed by atoms with Gasteiger partial charge < -0.3 is 4.90 Å². The largest absolute Gasteiger partial charge is 0.341 e. The average Bonchev–Trinajstić information content (AvgIpc) is 3.16. The lowest BCUT2D eigenvalue weighted by atomic mass is 10.1. The standard InChI is InChI=1S/C16H19N5O2S2/c1-10-8-11-13(25-10)17-15-20(18-16(24-2)21(15)14(11)23)9-12(22)19-6-4-3-5-7-19/h8H,3-7,9H2,1-2H3. The number of piperidine rings is 1. The molecule has 3 aromatic heterocycles. The molecule has 1 saturated heterocycles. The Kier molecular flexibility index (Phi) is 4.28. The van der Waals surface area contributed by atoms with Crippen molar-refractivity contribution in [2.45, 2.75) is 37.9 Å². The van der Waals surface area contributed by atoms with E-state index in [4.69, 9.17) is 0 Å². The van der Waals surface area contributed by atoms with Crippen molar-refractivity contribution in [1.29, 1.82) is 0 Å². The molecule has 1 fully saturated rings. The highest BCUT2D eigenvalue weighted by Gasteiger charge is 2.21. The van der Waals surface area contributed by atoms with Crippen LogP contribution in [-0.2, 0) is 11.3 Å². The molecule has 4 rings (SSSR count). The molecule has 7 nitrogen and oxygen atoms in total. The average molecular weight is 377 g/mol. The Morgan fingerprint density at radius 3 is 2.80 bits per heavy atom. The van der Waals surface area contributed by atoms with E-state index in [1.54, 1.807) is 4.68 Å². The minimum Gasteiger partial charge on any atom is -0.341 e. The number of fused-ring (bicyclic) bond motifs is 2. The zero-order valence-electron chi connectivity index (χ0n) is 14.2. The fourth-order valence-corrected chi connectivity index (χ4v) is 4.63. The van der Waals surface area contributed by atoms with Gasteiger partial charge in [0.05, 0.1) is 5.39 Å². The van der Waals surface area contributed by atoms with E-state index in [-0.39, 0.29) is 18.0 Å². The fourth-order valence-electron chi connectivity index (χ4n) is 3.24.